The smallest absolute Gasteiger partial charge is 0.243 e. The molecule has 1 aliphatic rings. The fourth-order valence-electron chi connectivity index (χ4n) is 2.09. The molecule has 0 saturated carbocycles. The van der Waals surface area contributed by atoms with E-state index in [9.17, 15) is 8.42 Å². The van der Waals surface area contributed by atoms with E-state index in [1.165, 1.54) is 11.4 Å². The minimum atomic E-state index is -3.40. The largest absolute Gasteiger partial charge is 0.497 e. The zero-order valence-electron chi connectivity index (χ0n) is 10.6. The Morgan fingerprint density at radius 1 is 1.44 bits per heavy atom. The fraction of sp³-hybridized carbons (Fsp3) is 0.500. The second-order valence-electron chi connectivity index (χ2n) is 4.32. The van der Waals surface area contributed by atoms with Gasteiger partial charge >= 0.3 is 0 Å². The van der Waals surface area contributed by atoms with Crippen molar-refractivity contribution in [2.75, 3.05) is 27.2 Å². The van der Waals surface area contributed by atoms with E-state index in [2.05, 4.69) is 5.32 Å². The van der Waals surface area contributed by atoms with E-state index in [0.717, 1.165) is 6.42 Å². The quantitative estimate of drug-likeness (QED) is 0.874. The van der Waals surface area contributed by atoms with E-state index in [1.54, 1.807) is 24.3 Å². The Kier molecular flexibility index (Phi) is 3.89. The average Bonchev–Trinajstić information content (AvgIpc) is 2.88. The lowest BCUT2D eigenvalue weighted by atomic mass is 10.3. The number of sulfonamides is 1. The molecule has 1 N–H and O–H groups in total. The Morgan fingerprint density at radius 3 is 2.83 bits per heavy atom. The Labute approximate surface area is 108 Å². The van der Waals surface area contributed by atoms with Gasteiger partial charge in [-0.2, -0.15) is 4.31 Å². The number of benzene rings is 1. The van der Waals surface area contributed by atoms with Crippen LogP contribution in [0.3, 0.4) is 0 Å². The first-order chi connectivity index (χ1) is 8.57. The Hall–Kier alpha value is -1.11. The van der Waals surface area contributed by atoms with Gasteiger partial charge < -0.3 is 10.1 Å². The maximum absolute atomic E-state index is 12.4. The summed E-state index contributed by atoms with van der Waals surface area (Å²) in [6.07, 6.45) is 0.847. The molecule has 5 nitrogen and oxygen atoms in total. The molecule has 1 saturated heterocycles. The fourth-order valence-corrected chi connectivity index (χ4v) is 3.63. The van der Waals surface area contributed by atoms with Crippen LogP contribution in [-0.4, -0.2) is 46.0 Å². The van der Waals surface area contributed by atoms with Gasteiger partial charge in [-0.1, -0.05) is 6.07 Å². The third kappa shape index (κ3) is 2.50. The van der Waals surface area contributed by atoms with E-state index in [1.807, 2.05) is 7.05 Å². The first-order valence-electron chi connectivity index (χ1n) is 5.89. The molecule has 0 radical (unpaired) electrons. The van der Waals surface area contributed by atoms with Gasteiger partial charge in [0.2, 0.25) is 10.0 Å². The molecule has 100 valence electrons. The summed E-state index contributed by atoms with van der Waals surface area (Å²) in [5, 5.41) is 3.11. The van der Waals surface area contributed by atoms with E-state index in [4.69, 9.17) is 4.74 Å². The summed E-state index contributed by atoms with van der Waals surface area (Å²) < 4.78 is 31.4. The number of nitrogens with one attached hydrogen (secondary N) is 1. The SMILES string of the molecule is CNC1CCN(S(=O)(=O)c2cccc(OC)c2)C1. The summed E-state index contributed by atoms with van der Waals surface area (Å²) in [4.78, 5) is 0.290. The first kappa shape index (κ1) is 13.3. The van der Waals surface area contributed by atoms with Gasteiger partial charge in [0.25, 0.3) is 0 Å². The lowest BCUT2D eigenvalue weighted by Crippen LogP contribution is -2.33. The maximum atomic E-state index is 12.4. The average molecular weight is 270 g/mol. The predicted octanol–water partition coefficient (Wildman–Crippen LogP) is 0.678. The maximum Gasteiger partial charge on any atom is 0.243 e. The van der Waals surface area contributed by atoms with Crippen molar-refractivity contribution < 1.29 is 13.2 Å². The highest BCUT2D eigenvalue weighted by Crippen LogP contribution is 2.23. The van der Waals surface area contributed by atoms with Crippen LogP contribution < -0.4 is 10.1 Å². The minimum Gasteiger partial charge on any atom is -0.497 e. The molecule has 18 heavy (non-hydrogen) atoms. The van der Waals surface area contributed by atoms with Gasteiger partial charge in [0.1, 0.15) is 5.75 Å². The van der Waals surface area contributed by atoms with E-state index >= 15 is 0 Å². The van der Waals surface area contributed by atoms with Gasteiger partial charge in [0.15, 0.2) is 0 Å². The van der Waals surface area contributed by atoms with E-state index < -0.39 is 10.0 Å². The number of hydrogen-bond acceptors (Lipinski definition) is 4. The van der Waals surface area contributed by atoms with Crippen molar-refractivity contribution in [3.05, 3.63) is 24.3 Å². The van der Waals surface area contributed by atoms with Crippen molar-refractivity contribution in [2.24, 2.45) is 0 Å². The topological polar surface area (TPSA) is 58.6 Å². The van der Waals surface area contributed by atoms with Gasteiger partial charge in [0, 0.05) is 25.2 Å². The molecular formula is C12H18N2O3S. The molecule has 1 atom stereocenters. The second kappa shape index (κ2) is 5.26. The number of nitrogens with zero attached hydrogens (tertiary/aromatic N) is 1. The highest BCUT2D eigenvalue weighted by molar-refractivity contribution is 7.89. The summed E-state index contributed by atoms with van der Waals surface area (Å²) in [5.74, 6) is 0.556. The molecule has 1 aromatic rings. The second-order valence-corrected chi connectivity index (χ2v) is 6.25. The van der Waals surface area contributed by atoms with E-state index in [-0.39, 0.29) is 6.04 Å². The van der Waals surface area contributed by atoms with E-state index in [0.29, 0.717) is 23.7 Å². The monoisotopic (exact) mass is 270 g/mol. The number of methoxy groups -OCH3 is 1. The highest BCUT2D eigenvalue weighted by atomic mass is 32.2. The summed E-state index contributed by atoms with van der Waals surface area (Å²) in [5.41, 5.74) is 0. The molecule has 0 aliphatic carbocycles. The molecule has 0 aromatic heterocycles. The van der Waals surface area contributed by atoms with Crippen molar-refractivity contribution in [3.8, 4) is 5.75 Å². The van der Waals surface area contributed by atoms with Crippen LogP contribution in [0.5, 0.6) is 5.75 Å². The minimum absolute atomic E-state index is 0.241. The van der Waals surface area contributed by atoms with Gasteiger partial charge in [0.05, 0.1) is 12.0 Å². The number of hydrogen-bond donors (Lipinski definition) is 1. The van der Waals surface area contributed by atoms with Crippen LogP contribution in [0.25, 0.3) is 0 Å². The summed E-state index contributed by atoms with van der Waals surface area (Å²) >= 11 is 0. The normalized spacial score (nSPS) is 21.1. The third-order valence-corrected chi connectivity index (χ3v) is 5.10. The molecule has 1 fully saturated rings. The molecule has 1 aliphatic heterocycles. The van der Waals surface area contributed by atoms with Gasteiger partial charge in [-0.15, -0.1) is 0 Å². The van der Waals surface area contributed by atoms with Crippen molar-refractivity contribution in [3.63, 3.8) is 0 Å². The Morgan fingerprint density at radius 2 is 2.22 bits per heavy atom. The number of ether oxygens (including phenoxy) is 1. The molecular weight excluding hydrogens is 252 g/mol. The van der Waals surface area contributed by atoms with Crippen LogP contribution in [-0.2, 0) is 10.0 Å². The predicted molar refractivity (Wildman–Crippen MR) is 69.2 cm³/mol. The van der Waals surface area contributed by atoms with Gasteiger partial charge in [-0.3, -0.25) is 0 Å². The van der Waals surface area contributed by atoms with Gasteiger partial charge in [-0.25, -0.2) is 8.42 Å². The van der Waals surface area contributed by atoms with Gasteiger partial charge in [-0.05, 0) is 25.6 Å². The molecule has 2 rings (SSSR count). The number of rotatable bonds is 4. The Balaban J connectivity index is 2.25. The van der Waals surface area contributed by atoms with Crippen molar-refractivity contribution in [2.45, 2.75) is 17.4 Å². The summed E-state index contributed by atoms with van der Waals surface area (Å²) in [6, 6.07) is 6.83. The van der Waals surface area contributed by atoms with Crippen LogP contribution in [0, 0.1) is 0 Å². The van der Waals surface area contributed by atoms with Crippen molar-refractivity contribution in [1.82, 2.24) is 9.62 Å². The van der Waals surface area contributed by atoms with Crippen molar-refractivity contribution >= 4 is 10.0 Å². The van der Waals surface area contributed by atoms with Crippen LogP contribution in [0.4, 0.5) is 0 Å². The van der Waals surface area contributed by atoms with Crippen LogP contribution >= 0.6 is 0 Å². The highest BCUT2D eigenvalue weighted by Gasteiger charge is 2.31. The Bertz CT molecular complexity index is 516. The molecule has 1 aromatic carbocycles. The molecule has 0 amide bonds. The molecule has 0 bridgehead atoms. The number of likely N-dealkylation sites (N-methyl/N-ethyl adjacent to an activating group) is 1. The zero-order valence-corrected chi connectivity index (χ0v) is 11.4. The summed E-state index contributed by atoms with van der Waals surface area (Å²) in [7, 11) is -0.0211. The summed E-state index contributed by atoms with van der Waals surface area (Å²) in [6.45, 7) is 1.08. The van der Waals surface area contributed by atoms with Crippen molar-refractivity contribution in [1.29, 1.82) is 0 Å². The third-order valence-electron chi connectivity index (χ3n) is 3.24. The first-order valence-corrected chi connectivity index (χ1v) is 7.33. The lowest BCUT2D eigenvalue weighted by molar-refractivity contribution is 0.412. The van der Waals surface area contributed by atoms with Crippen LogP contribution in [0.2, 0.25) is 0 Å². The van der Waals surface area contributed by atoms with Crippen LogP contribution in [0.1, 0.15) is 6.42 Å². The zero-order chi connectivity index (χ0) is 13.2. The standard InChI is InChI=1S/C12H18N2O3S/c1-13-10-6-7-14(9-10)18(15,16)12-5-3-4-11(8-12)17-2/h3-5,8,10,13H,6-7,9H2,1-2H3. The van der Waals surface area contributed by atoms with Crippen LogP contribution in [0.15, 0.2) is 29.2 Å². The lowest BCUT2D eigenvalue weighted by Gasteiger charge is -2.16. The molecule has 1 heterocycles. The molecule has 1 unspecified atom stereocenters. The molecule has 6 heteroatoms. The molecule has 0 spiro atoms.